The molecule has 0 spiro atoms. The minimum atomic E-state index is -2.86. The molecular weight excluding hydrogens is 276 g/mol. The lowest BCUT2D eigenvalue weighted by atomic mass is 10.2. The maximum atomic E-state index is 11.8. The van der Waals surface area contributed by atoms with Crippen LogP contribution in [0, 0.1) is 6.92 Å². The molecule has 20 heavy (non-hydrogen) atoms. The van der Waals surface area contributed by atoms with Crippen LogP contribution in [0.1, 0.15) is 18.4 Å². The smallest absolute Gasteiger partial charge is 0.225 e. The standard InChI is InChI=1S/C14H20N2O3S/c1-11-4-2-3-5-13(11)16-14(17)6-8-15-12-7-9-20(18,19)10-12/h2-5,12,15H,6-10H2,1H3,(H,16,17). The zero-order valence-electron chi connectivity index (χ0n) is 11.6. The van der Waals surface area contributed by atoms with Gasteiger partial charge >= 0.3 is 0 Å². The van der Waals surface area contributed by atoms with E-state index in [-0.39, 0.29) is 23.5 Å². The van der Waals surface area contributed by atoms with Crippen LogP contribution in [0.5, 0.6) is 0 Å². The van der Waals surface area contributed by atoms with E-state index in [1.165, 1.54) is 0 Å². The van der Waals surface area contributed by atoms with Crippen LogP contribution in [-0.2, 0) is 14.6 Å². The van der Waals surface area contributed by atoms with Crippen LogP contribution in [-0.4, -0.2) is 38.4 Å². The van der Waals surface area contributed by atoms with E-state index in [1.54, 1.807) is 0 Å². The lowest BCUT2D eigenvalue weighted by Gasteiger charge is -2.11. The van der Waals surface area contributed by atoms with Gasteiger partial charge in [0.2, 0.25) is 5.91 Å². The normalized spacial score (nSPS) is 20.8. The molecule has 0 aromatic heterocycles. The van der Waals surface area contributed by atoms with Crippen molar-refractivity contribution in [1.29, 1.82) is 0 Å². The molecule has 2 N–H and O–H groups in total. The molecule has 1 fully saturated rings. The molecule has 1 saturated heterocycles. The Morgan fingerprint density at radius 3 is 2.75 bits per heavy atom. The van der Waals surface area contributed by atoms with Crippen molar-refractivity contribution in [3.63, 3.8) is 0 Å². The number of benzene rings is 1. The van der Waals surface area contributed by atoms with Crippen LogP contribution in [0.15, 0.2) is 24.3 Å². The average molecular weight is 296 g/mol. The Hall–Kier alpha value is -1.40. The molecule has 0 saturated carbocycles. The first-order chi connectivity index (χ1) is 9.46. The number of nitrogens with one attached hydrogen (secondary N) is 2. The zero-order valence-corrected chi connectivity index (χ0v) is 12.4. The summed E-state index contributed by atoms with van der Waals surface area (Å²) in [6.07, 6.45) is 0.979. The van der Waals surface area contributed by atoms with Crippen LogP contribution in [0.3, 0.4) is 0 Å². The molecule has 5 nitrogen and oxygen atoms in total. The van der Waals surface area contributed by atoms with Gasteiger partial charge in [-0.1, -0.05) is 18.2 Å². The summed E-state index contributed by atoms with van der Waals surface area (Å²) in [5.74, 6) is 0.375. The summed E-state index contributed by atoms with van der Waals surface area (Å²) < 4.78 is 22.6. The molecule has 1 aliphatic heterocycles. The van der Waals surface area contributed by atoms with E-state index >= 15 is 0 Å². The topological polar surface area (TPSA) is 75.3 Å². The Morgan fingerprint density at radius 1 is 1.35 bits per heavy atom. The lowest BCUT2D eigenvalue weighted by Crippen LogP contribution is -2.32. The minimum Gasteiger partial charge on any atom is -0.326 e. The van der Waals surface area contributed by atoms with Gasteiger partial charge < -0.3 is 10.6 Å². The second-order valence-corrected chi connectivity index (χ2v) is 7.40. The van der Waals surface area contributed by atoms with Crippen molar-refractivity contribution in [2.45, 2.75) is 25.8 Å². The number of amides is 1. The third-order valence-corrected chi connectivity index (χ3v) is 5.20. The second kappa shape index (κ2) is 6.37. The minimum absolute atomic E-state index is 0.00809. The molecule has 1 aliphatic rings. The number of carbonyl (C=O) groups is 1. The van der Waals surface area contributed by atoms with Crippen LogP contribution in [0.25, 0.3) is 0 Å². The first-order valence-corrected chi connectivity index (χ1v) is 8.58. The maximum Gasteiger partial charge on any atom is 0.225 e. The van der Waals surface area contributed by atoms with E-state index in [2.05, 4.69) is 10.6 Å². The van der Waals surface area contributed by atoms with Gasteiger partial charge in [0.05, 0.1) is 11.5 Å². The Kier molecular flexibility index (Phi) is 4.77. The summed E-state index contributed by atoms with van der Waals surface area (Å²) in [5, 5.41) is 5.98. The third kappa shape index (κ3) is 4.31. The van der Waals surface area contributed by atoms with Gasteiger partial charge in [-0.15, -0.1) is 0 Å². The summed E-state index contributed by atoms with van der Waals surface area (Å²) >= 11 is 0. The Balaban J connectivity index is 1.72. The number of anilines is 1. The summed E-state index contributed by atoms with van der Waals surface area (Å²) in [4.78, 5) is 11.8. The fourth-order valence-corrected chi connectivity index (χ4v) is 3.98. The number of sulfone groups is 1. The van der Waals surface area contributed by atoms with E-state index < -0.39 is 9.84 Å². The first-order valence-electron chi connectivity index (χ1n) is 6.75. The highest BCUT2D eigenvalue weighted by Gasteiger charge is 2.27. The van der Waals surface area contributed by atoms with Crippen LogP contribution < -0.4 is 10.6 Å². The molecule has 1 atom stereocenters. The van der Waals surface area contributed by atoms with E-state index in [1.807, 2.05) is 31.2 Å². The number of hydrogen-bond acceptors (Lipinski definition) is 4. The molecule has 6 heteroatoms. The van der Waals surface area contributed by atoms with Gasteiger partial charge in [0.15, 0.2) is 9.84 Å². The summed E-state index contributed by atoms with van der Waals surface area (Å²) in [6, 6.07) is 7.60. The van der Waals surface area contributed by atoms with Gasteiger partial charge in [0, 0.05) is 24.7 Å². The fraction of sp³-hybridized carbons (Fsp3) is 0.500. The van der Waals surface area contributed by atoms with Gasteiger partial charge in [0.25, 0.3) is 0 Å². The van der Waals surface area contributed by atoms with E-state index in [0.29, 0.717) is 19.4 Å². The molecule has 2 rings (SSSR count). The summed E-state index contributed by atoms with van der Waals surface area (Å²) in [5.41, 5.74) is 1.84. The first kappa shape index (κ1) is 15.0. The fourth-order valence-electron chi connectivity index (χ4n) is 2.27. The van der Waals surface area contributed by atoms with Gasteiger partial charge in [-0.05, 0) is 25.0 Å². The molecule has 0 bridgehead atoms. The maximum absolute atomic E-state index is 11.8. The molecule has 1 amide bonds. The number of hydrogen-bond donors (Lipinski definition) is 2. The van der Waals surface area contributed by atoms with Crippen molar-refractivity contribution in [1.82, 2.24) is 5.32 Å². The molecule has 110 valence electrons. The van der Waals surface area contributed by atoms with E-state index in [9.17, 15) is 13.2 Å². The average Bonchev–Trinajstić information content (AvgIpc) is 2.72. The molecule has 1 heterocycles. The molecule has 0 aliphatic carbocycles. The van der Waals surface area contributed by atoms with Crippen LogP contribution in [0.2, 0.25) is 0 Å². The van der Waals surface area contributed by atoms with Crippen molar-refractivity contribution in [2.75, 3.05) is 23.4 Å². The van der Waals surface area contributed by atoms with Crippen LogP contribution in [0.4, 0.5) is 5.69 Å². The van der Waals surface area contributed by atoms with E-state index in [0.717, 1.165) is 11.3 Å². The van der Waals surface area contributed by atoms with Crippen molar-refractivity contribution in [3.8, 4) is 0 Å². The Morgan fingerprint density at radius 2 is 2.10 bits per heavy atom. The van der Waals surface area contributed by atoms with Crippen molar-refractivity contribution in [3.05, 3.63) is 29.8 Å². The van der Waals surface area contributed by atoms with Crippen molar-refractivity contribution < 1.29 is 13.2 Å². The van der Waals surface area contributed by atoms with Gasteiger partial charge in [-0.25, -0.2) is 8.42 Å². The molecule has 1 aromatic rings. The predicted molar refractivity (Wildman–Crippen MR) is 79.5 cm³/mol. The number of carbonyl (C=O) groups excluding carboxylic acids is 1. The number of para-hydroxylation sites is 1. The third-order valence-electron chi connectivity index (χ3n) is 3.44. The molecule has 0 radical (unpaired) electrons. The monoisotopic (exact) mass is 296 g/mol. The Bertz CT molecular complexity index is 584. The predicted octanol–water partition coefficient (Wildman–Crippen LogP) is 1.10. The van der Waals surface area contributed by atoms with Gasteiger partial charge in [-0.3, -0.25) is 4.79 Å². The largest absolute Gasteiger partial charge is 0.326 e. The summed E-state index contributed by atoms with van der Waals surface area (Å²) in [6.45, 7) is 2.44. The SMILES string of the molecule is Cc1ccccc1NC(=O)CCNC1CCS(=O)(=O)C1. The molecule has 1 aromatic carbocycles. The highest BCUT2D eigenvalue weighted by atomic mass is 32.2. The zero-order chi connectivity index (χ0) is 14.6. The highest BCUT2D eigenvalue weighted by molar-refractivity contribution is 7.91. The Labute approximate surface area is 119 Å². The lowest BCUT2D eigenvalue weighted by molar-refractivity contribution is -0.116. The quantitative estimate of drug-likeness (QED) is 0.853. The van der Waals surface area contributed by atoms with Crippen molar-refractivity contribution in [2.24, 2.45) is 0 Å². The second-order valence-electron chi connectivity index (χ2n) is 5.17. The number of aryl methyl sites for hydroxylation is 1. The van der Waals surface area contributed by atoms with Crippen LogP contribution >= 0.6 is 0 Å². The summed E-state index contributed by atoms with van der Waals surface area (Å²) in [7, 11) is -2.86. The number of rotatable bonds is 5. The van der Waals surface area contributed by atoms with E-state index in [4.69, 9.17) is 0 Å². The van der Waals surface area contributed by atoms with Gasteiger partial charge in [0.1, 0.15) is 0 Å². The van der Waals surface area contributed by atoms with Gasteiger partial charge in [-0.2, -0.15) is 0 Å². The van der Waals surface area contributed by atoms with Crippen molar-refractivity contribution >= 4 is 21.4 Å². The molecular formula is C14H20N2O3S. The highest BCUT2D eigenvalue weighted by Crippen LogP contribution is 2.13. The molecule has 1 unspecified atom stereocenters.